The molecule has 0 amide bonds. The van der Waals surface area contributed by atoms with Gasteiger partial charge in [-0.1, -0.05) is 60.7 Å². The Morgan fingerprint density at radius 3 is 1.46 bits per heavy atom. The van der Waals surface area contributed by atoms with E-state index in [1.807, 2.05) is 0 Å². The predicted octanol–water partition coefficient (Wildman–Crippen LogP) is 0.622. The number of nitrogens with zero attached hydrogens (tertiary/aromatic N) is 1. The first-order valence-corrected chi connectivity index (χ1v) is 8.67. The van der Waals surface area contributed by atoms with Crippen LogP contribution in [0, 0.1) is 0 Å². The molecule has 0 saturated heterocycles. The molecule has 0 radical (unpaired) electrons. The topological polar surface area (TPSA) is 144 Å². The van der Waals surface area contributed by atoms with Gasteiger partial charge in [-0.15, -0.1) is 0 Å². The zero-order valence-corrected chi connectivity index (χ0v) is 15.2. The number of nitrogens with two attached hydrogens (primary N) is 1. The lowest BCUT2D eigenvalue weighted by molar-refractivity contribution is -0.155. The smallest absolute Gasteiger partial charge is 0.317 e. The van der Waals surface area contributed by atoms with E-state index < -0.39 is 42.8 Å². The van der Waals surface area contributed by atoms with Gasteiger partial charge in [0, 0.05) is 6.54 Å². The number of aliphatic hydroxyl groups is 2. The molecule has 0 saturated carbocycles. The number of rotatable bonds is 10. The number of carbonyl (C=O) groups is 2. The third-order valence-electron chi connectivity index (χ3n) is 4.75. The summed E-state index contributed by atoms with van der Waals surface area (Å²) in [5.74, 6) is -2.61. The summed E-state index contributed by atoms with van der Waals surface area (Å²) in [7, 11) is 0. The van der Waals surface area contributed by atoms with Crippen LogP contribution in [0.2, 0.25) is 0 Å². The second-order valence-electron chi connectivity index (χ2n) is 6.47. The summed E-state index contributed by atoms with van der Waals surface area (Å²) in [4.78, 5) is 23.9. The molecule has 0 aliphatic rings. The maximum absolute atomic E-state index is 11.4. The van der Waals surface area contributed by atoms with E-state index in [0.29, 0.717) is 11.1 Å². The number of aliphatic carboxylic acids is 2. The molecule has 8 nitrogen and oxygen atoms in total. The predicted molar refractivity (Wildman–Crippen MR) is 101 cm³/mol. The highest BCUT2D eigenvalue weighted by atomic mass is 16.4. The fraction of sp³-hybridized carbons (Fsp3) is 0.300. The average Bonchev–Trinajstić information content (AvgIpc) is 2.69. The Morgan fingerprint density at radius 2 is 1.18 bits per heavy atom. The molecule has 2 aromatic carbocycles. The van der Waals surface area contributed by atoms with Gasteiger partial charge in [0.05, 0.1) is 18.6 Å². The van der Waals surface area contributed by atoms with Crippen LogP contribution in [-0.2, 0) is 9.59 Å². The molecule has 0 bridgehead atoms. The molecule has 150 valence electrons. The Morgan fingerprint density at radius 1 is 0.821 bits per heavy atom. The molecule has 0 heterocycles. The Kier molecular flexibility index (Phi) is 7.24. The van der Waals surface area contributed by atoms with E-state index in [1.54, 1.807) is 60.7 Å². The fourth-order valence-corrected chi connectivity index (χ4v) is 3.37. The Hall–Kier alpha value is -2.78. The zero-order valence-electron chi connectivity index (χ0n) is 15.2. The highest BCUT2D eigenvalue weighted by Crippen LogP contribution is 2.41. The van der Waals surface area contributed by atoms with Gasteiger partial charge in [-0.05, 0) is 11.1 Å². The number of benzene rings is 2. The second kappa shape index (κ2) is 9.43. The van der Waals surface area contributed by atoms with E-state index in [-0.39, 0.29) is 6.54 Å². The number of hydrogen-bond donors (Lipinski definition) is 5. The van der Waals surface area contributed by atoms with Crippen LogP contribution in [0.15, 0.2) is 60.7 Å². The van der Waals surface area contributed by atoms with E-state index in [1.165, 1.54) is 0 Å². The minimum atomic E-state index is -1.79. The summed E-state index contributed by atoms with van der Waals surface area (Å²) < 4.78 is 0. The lowest BCUT2D eigenvalue weighted by atomic mass is 9.77. The van der Waals surface area contributed by atoms with Gasteiger partial charge in [-0.25, -0.2) is 0 Å². The summed E-state index contributed by atoms with van der Waals surface area (Å²) in [5, 5.41) is 41.0. The van der Waals surface area contributed by atoms with Crippen molar-refractivity contribution in [2.24, 2.45) is 5.73 Å². The van der Waals surface area contributed by atoms with Crippen molar-refractivity contribution in [2.45, 2.75) is 17.7 Å². The molecule has 2 unspecified atom stereocenters. The van der Waals surface area contributed by atoms with Crippen molar-refractivity contribution in [1.29, 1.82) is 0 Å². The standard InChI is InChI=1S/C20H24N2O6/c21-13-20(18(27)14-7-3-1-4-8-14,19(28)15-9-5-2-6-10-15)22(11-16(23)24)12-17(25)26/h1-10,18-19,27-28H,11-13,21H2,(H,23,24)(H,25,26). The SMILES string of the molecule is NCC(C(O)c1ccccc1)(C(O)c1ccccc1)N(CC(=O)O)CC(=O)O. The lowest BCUT2D eigenvalue weighted by Crippen LogP contribution is -2.63. The molecule has 0 spiro atoms. The molecule has 2 aromatic rings. The number of carboxylic acids is 2. The molecule has 8 heteroatoms. The van der Waals surface area contributed by atoms with Gasteiger partial charge < -0.3 is 26.2 Å². The molecule has 6 N–H and O–H groups in total. The van der Waals surface area contributed by atoms with Gasteiger partial charge >= 0.3 is 11.9 Å². The Balaban J connectivity index is 2.65. The normalized spacial score (nSPS) is 15.6. The summed E-state index contributed by atoms with van der Waals surface area (Å²) in [5.41, 5.74) is 4.95. The van der Waals surface area contributed by atoms with Crippen LogP contribution < -0.4 is 5.73 Å². The third kappa shape index (κ3) is 4.55. The van der Waals surface area contributed by atoms with Crippen molar-refractivity contribution in [1.82, 2.24) is 4.90 Å². The summed E-state index contributed by atoms with van der Waals surface area (Å²) in [6.45, 7) is -1.84. The summed E-state index contributed by atoms with van der Waals surface area (Å²) in [6.07, 6.45) is -2.90. The van der Waals surface area contributed by atoms with E-state index in [0.717, 1.165) is 4.90 Å². The van der Waals surface area contributed by atoms with Gasteiger partial charge in [0.2, 0.25) is 0 Å². The monoisotopic (exact) mass is 388 g/mol. The average molecular weight is 388 g/mol. The number of hydrogen-bond acceptors (Lipinski definition) is 6. The Labute approximate surface area is 162 Å². The maximum Gasteiger partial charge on any atom is 0.317 e. The van der Waals surface area contributed by atoms with Crippen LogP contribution in [0.3, 0.4) is 0 Å². The first-order valence-electron chi connectivity index (χ1n) is 8.67. The van der Waals surface area contributed by atoms with Crippen molar-refractivity contribution in [3.63, 3.8) is 0 Å². The van der Waals surface area contributed by atoms with E-state index >= 15 is 0 Å². The quantitative estimate of drug-likeness (QED) is 0.398. The van der Waals surface area contributed by atoms with Gasteiger partial charge in [0.15, 0.2) is 0 Å². The van der Waals surface area contributed by atoms with Crippen molar-refractivity contribution >= 4 is 11.9 Å². The molecule has 2 atom stereocenters. The summed E-state index contributed by atoms with van der Waals surface area (Å²) >= 11 is 0. The molecule has 0 aliphatic heterocycles. The van der Waals surface area contributed by atoms with Crippen LogP contribution in [-0.4, -0.2) is 62.4 Å². The highest BCUT2D eigenvalue weighted by molar-refractivity contribution is 5.73. The lowest BCUT2D eigenvalue weighted by Gasteiger charge is -2.48. The number of aliphatic hydroxyl groups excluding tert-OH is 2. The third-order valence-corrected chi connectivity index (χ3v) is 4.75. The van der Waals surface area contributed by atoms with E-state index in [2.05, 4.69) is 0 Å². The first-order chi connectivity index (χ1) is 13.3. The van der Waals surface area contributed by atoms with Gasteiger partial charge in [-0.3, -0.25) is 14.5 Å². The van der Waals surface area contributed by atoms with Crippen LogP contribution in [0.1, 0.15) is 23.3 Å². The molecule has 0 aromatic heterocycles. The molecular formula is C20H24N2O6. The first kappa shape index (κ1) is 21.5. The van der Waals surface area contributed by atoms with Crippen molar-refractivity contribution in [3.8, 4) is 0 Å². The van der Waals surface area contributed by atoms with Gasteiger partial charge in [0.1, 0.15) is 12.2 Å². The minimum Gasteiger partial charge on any atom is -0.480 e. The van der Waals surface area contributed by atoms with Crippen LogP contribution >= 0.6 is 0 Å². The molecule has 0 aliphatic carbocycles. The Bertz CT molecular complexity index is 722. The van der Waals surface area contributed by atoms with Crippen molar-refractivity contribution in [2.75, 3.05) is 19.6 Å². The van der Waals surface area contributed by atoms with E-state index in [4.69, 9.17) is 5.73 Å². The molecule has 28 heavy (non-hydrogen) atoms. The minimum absolute atomic E-state index is 0.378. The highest BCUT2D eigenvalue weighted by Gasteiger charge is 2.50. The fourth-order valence-electron chi connectivity index (χ4n) is 3.37. The van der Waals surface area contributed by atoms with Crippen molar-refractivity contribution in [3.05, 3.63) is 71.8 Å². The molecule has 0 fully saturated rings. The van der Waals surface area contributed by atoms with Crippen LogP contribution in [0.5, 0.6) is 0 Å². The van der Waals surface area contributed by atoms with Gasteiger partial charge in [-0.2, -0.15) is 0 Å². The van der Waals surface area contributed by atoms with Crippen LogP contribution in [0.25, 0.3) is 0 Å². The maximum atomic E-state index is 11.4. The van der Waals surface area contributed by atoms with Crippen molar-refractivity contribution < 1.29 is 30.0 Å². The second-order valence-corrected chi connectivity index (χ2v) is 6.47. The van der Waals surface area contributed by atoms with E-state index in [9.17, 15) is 30.0 Å². The largest absolute Gasteiger partial charge is 0.480 e. The molecule has 2 rings (SSSR count). The molecular weight excluding hydrogens is 364 g/mol. The van der Waals surface area contributed by atoms with Gasteiger partial charge in [0.25, 0.3) is 0 Å². The van der Waals surface area contributed by atoms with Crippen LogP contribution in [0.4, 0.5) is 0 Å². The zero-order chi connectivity index (χ0) is 20.7. The summed E-state index contributed by atoms with van der Waals surface area (Å²) in [6, 6.07) is 16.6. The number of carboxylic acid groups (broad SMARTS) is 2.